The molecule has 0 aliphatic carbocycles. The molecule has 0 spiro atoms. The Morgan fingerprint density at radius 3 is 2.58 bits per heavy atom. The molecule has 2 aromatic heterocycles. The molecule has 1 saturated heterocycles. The smallest absolute Gasteiger partial charge is 0.131 e. The van der Waals surface area contributed by atoms with Crippen molar-refractivity contribution in [2.24, 2.45) is 4.99 Å². The molecule has 1 aliphatic rings. The molecule has 3 heterocycles. The Morgan fingerprint density at radius 2 is 1.83 bits per heavy atom. The molecule has 36 heavy (non-hydrogen) atoms. The number of hydrogen-bond donors (Lipinski definition) is 1. The normalized spacial score (nSPS) is 16.6. The summed E-state index contributed by atoms with van der Waals surface area (Å²) in [6.45, 7) is 11.4. The van der Waals surface area contributed by atoms with E-state index in [-0.39, 0.29) is 5.83 Å². The summed E-state index contributed by atoms with van der Waals surface area (Å²) in [4.78, 5) is 18.2. The maximum Gasteiger partial charge on any atom is 0.131 e. The van der Waals surface area contributed by atoms with Crippen LogP contribution in [0.25, 0.3) is 10.8 Å². The number of halogens is 1. The number of aliphatic imine (C=N–C) groups is 1. The Balaban J connectivity index is 1.34. The number of benzene rings is 1. The Labute approximate surface area is 213 Å². The number of nitrogen functional groups attached to an aromatic ring is 1. The molecule has 1 fully saturated rings. The predicted molar refractivity (Wildman–Crippen MR) is 147 cm³/mol. The molecule has 0 saturated carbocycles. The van der Waals surface area contributed by atoms with Crippen molar-refractivity contribution in [3.8, 4) is 0 Å². The van der Waals surface area contributed by atoms with Gasteiger partial charge < -0.3 is 5.73 Å². The SMILES string of the molecule is CC=CC(CN1CCN(Cc2cncc(C(C)=NCc3ccc4c(N)nccc4c3)c2)CC1)=C(C)F. The van der Waals surface area contributed by atoms with Crippen molar-refractivity contribution >= 4 is 22.3 Å². The maximum absolute atomic E-state index is 13.8. The quantitative estimate of drug-likeness (QED) is 0.352. The highest BCUT2D eigenvalue weighted by Gasteiger charge is 2.18. The molecule has 3 aromatic rings. The lowest BCUT2D eigenvalue weighted by Gasteiger charge is -2.35. The summed E-state index contributed by atoms with van der Waals surface area (Å²) in [6, 6.07) is 10.3. The topological polar surface area (TPSA) is 70.6 Å². The first kappa shape index (κ1) is 25.7. The second-order valence-corrected chi connectivity index (χ2v) is 9.35. The van der Waals surface area contributed by atoms with Gasteiger partial charge in [0, 0.05) is 74.5 Å². The lowest BCUT2D eigenvalue weighted by molar-refractivity contribution is 0.135. The molecule has 1 aliphatic heterocycles. The van der Waals surface area contributed by atoms with E-state index < -0.39 is 0 Å². The third-order valence-corrected chi connectivity index (χ3v) is 6.65. The van der Waals surface area contributed by atoms with Crippen LogP contribution in [0.5, 0.6) is 0 Å². The van der Waals surface area contributed by atoms with Gasteiger partial charge in [-0.3, -0.25) is 19.8 Å². The molecule has 2 N–H and O–H groups in total. The average molecular weight is 487 g/mol. The number of fused-ring (bicyclic) bond motifs is 1. The first-order valence-electron chi connectivity index (χ1n) is 12.4. The van der Waals surface area contributed by atoms with Crippen LogP contribution in [0.1, 0.15) is 37.5 Å². The summed E-state index contributed by atoms with van der Waals surface area (Å²) in [7, 11) is 0. The monoisotopic (exact) mass is 486 g/mol. The van der Waals surface area contributed by atoms with Crippen LogP contribution in [-0.4, -0.2) is 58.2 Å². The molecule has 188 valence electrons. The summed E-state index contributed by atoms with van der Waals surface area (Å²) < 4.78 is 13.8. The molecule has 0 bridgehead atoms. The van der Waals surface area contributed by atoms with E-state index in [1.54, 1.807) is 6.20 Å². The van der Waals surface area contributed by atoms with Gasteiger partial charge in [-0.1, -0.05) is 24.3 Å². The minimum absolute atomic E-state index is 0.0990. The van der Waals surface area contributed by atoms with Crippen molar-refractivity contribution in [1.82, 2.24) is 19.8 Å². The van der Waals surface area contributed by atoms with Crippen molar-refractivity contribution in [3.05, 3.63) is 89.2 Å². The third-order valence-electron chi connectivity index (χ3n) is 6.65. The number of nitrogens with zero attached hydrogens (tertiary/aromatic N) is 5. The van der Waals surface area contributed by atoms with E-state index in [9.17, 15) is 4.39 Å². The lowest BCUT2D eigenvalue weighted by atomic mass is 10.1. The van der Waals surface area contributed by atoms with Gasteiger partial charge in [-0.25, -0.2) is 9.37 Å². The summed E-state index contributed by atoms with van der Waals surface area (Å²) in [5.74, 6) is 0.450. The van der Waals surface area contributed by atoms with Crippen LogP contribution in [0.15, 0.2) is 77.5 Å². The summed E-state index contributed by atoms with van der Waals surface area (Å²) in [5, 5.41) is 2.04. The van der Waals surface area contributed by atoms with Gasteiger partial charge in [-0.05, 0) is 61.1 Å². The number of nitrogens with two attached hydrogens (primary N) is 1. The highest BCUT2D eigenvalue weighted by atomic mass is 19.1. The standard InChI is InChI=1S/C29H35FN6/c1-4-5-26(21(2)30)20-36-12-10-35(11-13-36)19-24-15-27(18-32-16-24)22(3)34-17-23-6-7-28-25(14-23)8-9-33-29(28)31/h4-9,14-16,18H,10-13,17,19-20H2,1-3H3,(H2,31,33). The largest absolute Gasteiger partial charge is 0.383 e. The van der Waals surface area contributed by atoms with E-state index in [4.69, 9.17) is 10.7 Å². The van der Waals surface area contributed by atoms with Crippen LogP contribution in [0.2, 0.25) is 0 Å². The van der Waals surface area contributed by atoms with E-state index in [2.05, 4.69) is 38.0 Å². The second kappa shape index (κ2) is 12.0. The Bertz CT molecular complexity index is 1280. The van der Waals surface area contributed by atoms with Crippen molar-refractivity contribution in [3.63, 3.8) is 0 Å². The van der Waals surface area contributed by atoms with Crippen molar-refractivity contribution in [1.29, 1.82) is 0 Å². The molecule has 7 heteroatoms. The summed E-state index contributed by atoms with van der Waals surface area (Å²) in [5.41, 5.74) is 11.0. The highest BCUT2D eigenvalue weighted by molar-refractivity contribution is 5.98. The summed E-state index contributed by atoms with van der Waals surface area (Å²) >= 11 is 0. The number of anilines is 1. The minimum atomic E-state index is -0.0990. The molecule has 6 nitrogen and oxygen atoms in total. The zero-order chi connectivity index (χ0) is 25.5. The van der Waals surface area contributed by atoms with E-state index >= 15 is 0 Å². The number of hydrogen-bond acceptors (Lipinski definition) is 6. The molecule has 0 radical (unpaired) electrons. The molecular weight excluding hydrogens is 451 g/mol. The third kappa shape index (κ3) is 6.62. The van der Waals surface area contributed by atoms with E-state index in [1.807, 2.05) is 50.5 Å². The maximum atomic E-state index is 13.8. The number of piperazine rings is 1. The van der Waals surface area contributed by atoms with Gasteiger partial charge in [0.2, 0.25) is 0 Å². The van der Waals surface area contributed by atoms with Gasteiger partial charge in [0.1, 0.15) is 11.6 Å². The van der Waals surface area contributed by atoms with E-state index in [0.29, 0.717) is 18.9 Å². The zero-order valence-corrected chi connectivity index (χ0v) is 21.4. The van der Waals surface area contributed by atoms with Gasteiger partial charge in [0.25, 0.3) is 0 Å². The van der Waals surface area contributed by atoms with Gasteiger partial charge in [-0.15, -0.1) is 0 Å². The van der Waals surface area contributed by atoms with Crippen LogP contribution < -0.4 is 5.73 Å². The summed E-state index contributed by atoms with van der Waals surface area (Å²) in [6.07, 6.45) is 9.31. The molecular formula is C29H35FN6. The molecule has 0 unspecified atom stereocenters. The minimum Gasteiger partial charge on any atom is -0.383 e. The van der Waals surface area contributed by atoms with Gasteiger partial charge in [0.05, 0.1) is 6.54 Å². The van der Waals surface area contributed by atoms with Gasteiger partial charge in [0.15, 0.2) is 0 Å². The van der Waals surface area contributed by atoms with E-state index in [0.717, 1.165) is 65.9 Å². The number of aromatic nitrogens is 2. The zero-order valence-electron chi connectivity index (χ0n) is 21.4. The van der Waals surface area contributed by atoms with E-state index in [1.165, 1.54) is 12.5 Å². The van der Waals surface area contributed by atoms with Crippen molar-refractivity contribution in [2.45, 2.75) is 33.9 Å². The predicted octanol–water partition coefficient (Wildman–Crippen LogP) is 5.16. The number of pyridine rings is 2. The average Bonchev–Trinajstić information content (AvgIpc) is 2.88. The Kier molecular flexibility index (Phi) is 8.57. The highest BCUT2D eigenvalue weighted by Crippen LogP contribution is 2.21. The van der Waals surface area contributed by atoms with Crippen LogP contribution in [0.3, 0.4) is 0 Å². The molecule has 1 aromatic carbocycles. The van der Waals surface area contributed by atoms with Crippen LogP contribution in [-0.2, 0) is 13.1 Å². The van der Waals surface area contributed by atoms with Crippen LogP contribution in [0.4, 0.5) is 10.2 Å². The van der Waals surface area contributed by atoms with Crippen LogP contribution >= 0.6 is 0 Å². The molecule has 0 amide bonds. The first-order valence-corrected chi connectivity index (χ1v) is 12.4. The van der Waals surface area contributed by atoms with Crippen molar-refractivity contribution in [2.75, 3.05) is 38.5 Å². The van der Waals surface area contributed by atoms with Crippen LogP contribution in [0, 0.1) is 0 Å². The number of allylic oxidation sites excluding steroid dienone is 2. The Hall–Kier alpha value is -3.42. The number of rotatable bonds is 8. The molecule has 0 atom stereocenters. The lowest BCUT2D eigenvalue weighted by Crippen LogP contribution is -2.46. The first-order chi connectivity index (χ1) is 17.4. The fourth-order valence-electron chi connectivity index (χ4n) is 4.50. The van der Waals surface area contributed by atoms with Gasteiger partial charge >= 0.3 is 0 Å². The fourth-order valence-corrected chi connectivity index (χ4v) is 4.50. The second-order valence-electron chi connectivity index (χ2n) is 9.35. The Morgan fingerprint density at radius 1 is 1.06 bits per heavy atom. The van der Waals surface area contributed by atoms with Gasteiger partial charge in [-0.2, -0.15) is 0 Å². The van der Waals surface area contributed by atoms with Crippen molar-refractivity contribution < 1.29 is 4.39 Å². The fraction of sp³-hybridized carbons (Fsp3) is 0.345. The molecule has 4 rings (SSSR count).